The number of carboxylic acids is 1. The summed E-state index contributed by atoms with van der Waals surface area (Å²) in [6, 6.07) is 21.9. The largest absolute Gasteiger partial charge is 0.478 e. The molecule has 3 heteroatoms. The van der Waals surface area contributed by atoms with Crippen LogP contribution in [0.5, 0.6) is 0 Å². The maximum atomic E-state index is 11.1. The van der Waals surface area contributed by atoms with Crippen LogP contribution in [0.3, 0.4) is 0 Å². The Labute approximate surface area is 149 Å². The second-order valence-electron chi connectivity index (χ2n) is 6.46. The molecule has 0 saturated carbocycles. The predicted octanol–water partition coefficient (Wildman–Crippen LogP) is 5.69. The van der Waals surface area contributed by atoms with E-state index < -0.39 is 5.97 Å². The van der Waals surface area contributed by atoms with Crippen molar-refractivity contribution in [2.24, 2.45) is 0 Å². The molecule has 5 aromatic rings. The van der Waals surface area contributed by atoms with Gasteiger partial charge in [-0.1, -0.05) is 43.0 Å². The first-order valence-electron chi connectivity index (χ1n) is 8.43. The molecule has 0 aliphatic heterocycles. The highest BCUT2D eigenvalue weighted by Crippen LogP contribution is 2.37. The van der Waals surface area contributed by atoms with Crippen LogP contribution in [-0.2, 0) is 0 Å². The Kier molecular flexibility index (Phi) is 2.95. The predicted molar refractivity (Wildman–Crippen MR) is 106 cm³/mol. The van der Waals surface area contributed by atoms with Crippen molar-refractivity contribution in [2.75, 3.05) is 0 Å². The van der Waals surface area contributed by atoms with Gasteiger partial charge < -0.3 is 9.51 Å². The number of benzene rings is 2. The average molecular weight is 337 g/mol. The molecular formula is C23H15NO2. The van der Waals surface area contributed by atoms with Crippen LogP contribution in [0.25, 0.3) is 44.5 Å². The first-order chi connectivity index (χ1) is 12.7. The number of aromatic carboxylic acids is 1. The van der Waals surface area contributed by atoms with Crippen molar-refractivity contribution < 1.29 is 9.90 Å². The molecule has 0 unspecified atom stereocenters. The minimum atomic E-state index is -0.912. The quantitative estimate of drug-likeness (QED) is 0.459. The van der Waals surface area contributed by atoms with E-state index in [1.54, 1.807) is 12.1 Å². The lowest BCUT2D eigenvalue weighted by atomic mass is 9.96. The number of hydrogen-bond acceptors (Lipinski definition) is 1. The van der Waals surface area contributed by atoms with Gasteiger partial charge in [-0.2, -0.15) is 0 Å². The van der Waals surface area contributed by atoms with Crippen LogP contribution in [0.2, 0.25) is 0 Å². The fraction of sp³-hybridized carbons (Fsp3) is 0. The van der Waals surface area contributed by atoms with Gasteiger partial charge in [0.15, 0.2) is 0 Å². The van der Waals surface area contributed by atoms with Crippen molar-refractivity contribution >= 4 is 39.4 Å². The smallest absolute Gasteiger partial charge is 0.335 e. The van der Waals surface area contributed by atoms with Gasteiger partial charge in [-0.05, 0) is 53.1 Å². The summed E-state index contributed by atoms with van der Waals surface area (Å²) in [5.74, 6) is -0.912. The molecule has 0 bridgehead atoms. The van der Waals surface area contributed by atoms with Crippen molar-refractivity contribution in [1.29, 1.82) is 0 Å². The summed E-state index contributed by atoms with van der Waals surface area (Å²) in [6.45, 7) is 3.97. The summed E-state index contributed by atoms with van der Waals surface area (Å²) in [5.41, 5.74) is 6.94. The summed E-state index contributed by atoms with van der Waals surface area (Å²) in [7, 11) is 0. The number of para-hydroxylation sites is 1. The molecule has 124 valence electrons. The molecule has 0 radical (unpaired) electrons. The Balaban J connectivity index is 1.91. The number of hydrogen-bond donors (Lipinski definition) is 1. The first-order valence-corrected chi connectivity index (χ1v) is 8.43. The van der Waals surface area contributed by atoms with Gasteiger partial charge in [-0.3, -0.25) is 0 Å². The van der Waals surface area contributed by atoms with E-state index in [1.165, 1.54) is 5.52 Å². The Bertz CT molecular complexity index is 1310. The van der Waals surface area contributed by atoms with Crippen LogP contribution >= 0.6 is 0 Å². The van der Waals surface area contributed by atoms with E-state index in [1.807, 2.05) is 18.2 Å². The minimum Gasteiger partial charge on any atom is -0.478 e. The topological polar surface area (TPSA) is 41.7 Å². The van der Waals surface area contributed by atoms with Gasteiger partial charge in [0.05, 0.1) is 11.1 Å². The third kappa shape index (κ3) is 1.91. The maximum absolute atomic E-state index is 11.1. The van der Waals surface area contributed by atoms with E-state index in [4.69, 9.17) is 5.11 Å². The zero-order chi connectivity index (χ0) is 17.8. The maximum Gasteiger partial charge on any atom is 0.335 e. The highest BCUT2D eigenvalue weighted by atomic mass is 16.4. The molecule has 2 aromatic carbocycles. The Morgan fingerprint density at radius 3 is 2.31 bits per heavy atom. The fourth-order valence-electron chi connectivity index (χ4n) is 3.85. The lowest BCUT2D eigenvalue weighted by Crippen LogP contribution is -1.97. The van der Waals surface area contributed by atoms with Crippen molar-refractivity contribution in [3.8, 4) is 11.1 Å². The van der Waals surface area contributed by atoms with E-state index in [2.05, 4.69) is 53.4 Å². The zero-order valence-corrected chi connectivity index (χ0v) is 13.9. The van der Waals surface area contributed by atoms with E-state index in [9.17, 15) is 4.79 Å². The van der Waals surface area contributed by atoms with Crippen LogP contribution in [0, 0.1) is 0 Å². The van der Waals surface area contributed by atoms with Gasteiger partial charge in [-0.15, -0.1) is 0 Å². The number of rotatable bonds is 3. The highest BCUT2D eigenvalue weighted by molar-refractivity contribution is 6.10. The van der Waals surface area contributed by atoms with Gasteiger partial charge in [0, 0.05) is 21.8 Å². The monoisotopic (exact) mass is 337 g/mol. The fourth-order valence-corrected chi connectivity index (χ4v) is 3.85. The SMILES string of the molecule is C=Cc1cc2ccc3cc(-c4ccc(C(=O)O)cc4)c4cccc1c4n23. The van der Waals surface area contributed by atoms with Crippen LogP contribution in [0.4, 0.5) is 0 Å². The molecule has 3 heterocycles. The molecule has 3 aromatic heterocycles. The number of pyridine rings is 2. The van der Waals surface area contributed by atoms with Crippen molar-refractivity contribution in [1.82, 2.24) is 4.40 Å². The molecule has 3 nitrogen and oxygen atoms in total. The number of carbonyl (C=O) groups is 1. The summed E-state index contributed by atoms with van der Waals surface area (Å²) >= 11 is 0. The van der Waals surface area contributed by atoms with E-state index in [0.717, 1.165) is 38.5 Å². The molecule has 0 saturated heterocycles. The van der Waals surface area contributed by atoms with Crippen molar-refractivity contribution in [2.45, 2.75) is 0 Å². The Morgan fingerprint density at radius 2 is 1.62 bits per heavy atom. The molecule has 0 amide bonds. The number of aromatic nitrogens is 1. The molecule has 0 aliphatic rings. The van der Waals surface area contributed by atoms with Crippen LogP contribution in [-0.4, -0.2) is 15.5 Å². The van der Waals surface area contributed by atoms with E-state index in [0.29, 0.717) is 5.56 Å². The van der Waals surface area contributed by atoms with Gasteiger partial charge >= 0.3 is 5.97 Å². The van der Waals surface area contributed by atoms with Gasteiger partial charge in [0.2, 0.25) is 0 Å². The molecular weight excluding hydrogens is 322 g/mol. The summed E-state index contributed by atoms with van der Waals surface area (Å²) in [4.78, 5) is 11.1. The van der Waals surface area contributed by atoms with E-state index >= 15 is 0 Å². The number of carboxylic acid groups (broad SMARTS) is 1. The first kappa shape index (κ1) is 14.7. The van der Waals surface area contributed by atoms with Crippen LogP contribution in [0.1, 0.15) is 15.9 Å². The van der Waals surface area contributed by atoms with Gasteiger partial charge in [0.25, 0.3) is 0 Å². The number of nitrogens with zero attached hydrogens (tertiary/aromatic N) is 1. The van der Waals surface area contributed by atoms with Crippen LogP contribution < -0.4 is 0 Å². The second-order valence-corrected chi connectivity index (χ2v) is 6.46. The normalized spacial score (nSPS) is 11.5. The second kappa shape index (κ2) is 5.20. The highest BCUT2D eigenvalue weighted by Gasteiger charge is 2.15. The lowest BCUT2D eigenvalue weighted by molar-refractivity contribution is 0.0697. The molecule has 0 aliphatic carbocycles. The molecule has 0 atom stereocenters. The molecule has 0 spiro atoms. The average Bonchev–Trinajstić information content (AvgIpc) is 3.09. The summed E-state index contributed by atoms with van der Waals surface area (Å²) in [5, 5.41) is 11.4. The van der Waals surface area contributed by atoms with E-state index in [-0.39, 0.29) is 0 Å². The molecule has 0 fully saturated rings. The standard InChI is InChI=1S/C23H15NO2/c1-2-14-12-17-10-11-18-13-21(15-6-8-16(9-7-15)23(25)26)20-5-3-4-19(14)22(20)24(17)18/h2-13H,1H2,(H,25,26). The molecule has 26 heavy (non-hydrogen) atoms. The van der Waals surface area contributed by atoms with Gasteiger partial charge in [-0.25, -0.2) is 4.79 Å². The Morgan fingerprint density at radius 1 is 0.923 bits per heavy atom. The molecule has 5 rings (SSSR count). The lowest BCUT2D eigenvalue weighted by Gasteiger charge is -2.15. The van der Waals surface area contributed by atoms with Gasteiger partial charge in [0.1, 0.15) is 0 Å². The third-order valence-electron chi connectivity index (χ3n) is 5.06. The molecule has 1 N–H and O–H groups in total. The summed E-state index contributed by atoms with van der Waals surface area (Å²) in [6.07, 6.45) is 1.89. The van der Waals surface area contributed by atoms with Crippen LogP contribution in [0.15, 0.2) is 73.3 Å². The third-order valence-corrected chi connectivity index (χ3v) is 5.06. The Hall–Kier alpha value is -3.59. The summed E-state index contributed by atoms with van der Waals surface area (Å²) < 4.78 is 2.27. The minimum absolute atomic E-state index is 0.294. The van der Waals surface area contributed by atoms with Crippen molar-refractivity contribution in [3.63, 3.8) is 0 Å². The zero-order valence-electron chi connectivity index (χ0n) is 13.9. The van der Waals surface area contributed by atoms with Crippen molar-refractivity contribution in [3.05, 3.63) is 84.4 Å².